The molecule has 2 N–H and O–H groups in total. The van der Waals surface area contributed by atoms with Crippen LogP contribution in [0.15, 0.2) is 24.4 Å². The van der Waals surface area contributed by atoms with Crippen LogP contribution >= 0.6 is 12.2 Å². The Kier molecular flexibility index (Phi) is 7.46. The van der Waals surface area contributed by atoms with E-state index in [1.54, 1.807) is 18.3 Å². The van der Waals surface area contributed by atoms with E-state index in [-0.39, 0.29) is 4.99 Å². The smallest absolute Gasteiger partial charge is 0.321 e. The molecule has 1 aromatic rings. The summed E-state index contributed by atoms with van der Waals surface area (Å²) in [6.07, 6.45) is 11.7. The lowest BCUT2D eigenvalue weighted by Gasteiger charge is -2.21. The summed E-state index contributed by atoms with van der Waals surface area (Å²) in [5.74, 6) is -0.268. The van der Waals surface area contributed by atoms with Crippen LogP contribution in [0.5, 0.6) is 0 Å². The lowest BCUT2D eigenvalue weighted by atomic mass is 9.86. The van der Waals surface area contributed by atoms with Crippen molar-refractivity contribution in [2.75, 3.05) is 6.61 Å². The van der Waals surface area contributed by atoms with E-state index in [1.165, 1.54) is 38.5 Å². The van der Waals surface area contributed by atoms with Gasteiger partial charge in [0.25, 0.3) is 0 Å². The average molecular weight is 334 g/mol. The number of carbonyl (C=O) groups excluding carboxylic acids is 1. The molecule has 126 valence electrons. The molecule has 2 rings (SSSR count). The van der Waals surface area contributed by atoms with Crippen molar-refractivity contribution in [3.63, 3.8) is 0 Å². The topological polar surface area (TPSA) is 65.2 Å². The van der Waals surface area contributed by atoms with E-state index in [2.05, 4.69) is 4.98 Å². The minimum absolute atomic E-state index is 0.107. The van der Waals surface area contributed by atoms with Crippen molar-refractivity contribution in [1.29, 1.82) is 0 Å². The lowest BCUT2D eigenvalue weighted by molar-refractivity contribution is -0.143. The van der Waals surface area contributed by atoms with Gasteiger partial charge in [-0.3, -0.25) is 9.78 Å². The van der Waals surface area contributed by atoms with E-state index in [1.807, 2.05) is 6.07 Å². The SMILES string of the molecule is NC(=S)C(C(=O)OCCCCC1CCCCC1)c1ccccn1. The highest BCUT2D eigenvalue weighted by Gasteiger charge is 2.26. The van der Waals surface area contributed by atoms with Crippen LogP contribution in [0.2, 0.25) is 0 Å². The number of rotatable bonds is 8. The van der Waals surface area contributed by atoms with Crippen LogP contribution in [-0.4, -0.2) is 22.5 Å². The van der Waals surface area contributed by atoms with Crippen molar-refractivity contribution in [2.45, 2.75) is 57.3 Å². The van der Waals surface area contributed by atoms with Crippen molar-refractivity contribution in [3.8, 4) is 0 Å². The van der Waals surface area contributed by atoms with Crippen molar-refractivity contribution < 1.29 is 9.53 Å². The molecule has 1 aromatic heterocycles. The van der Waals surface area contributed by atoms with Crippen LogP contribution in [0, 0.1) is 5.92 Å². The van der Waals surface area contributed by atoms with Gasteiger partial charge in [0.2, 0.25) is 0 Å². The number of esters is 1. The van der Waals surface area contributed by atoms with Crippen LogP contribution in [-0.2, 0) is 9.53 Å². The maximum Gasteiger partial charge on any atom is 0.321 e. The van der Waals surface area contributed by atoms with E-state index in [0.29, 0.717) is 12.3 Å². The molecule has 1 unspecified atom stereocenters. The Hall–Kier alpha value is -1.49. The highest BCUT2D eigenvalue weighted by Crippen LogP contribution is 2.27. The van der Waals surface area contributed by atoms with Crippen molar-refractivity contribution in [3.05, 3.63) is 30.1 Å². The van der Waals surface area contributed by atoms with Crippen LogP contribution in [0.3, 0.4) is 0 Å². The first-order chi connectivity index (χ1) is 11.2. The highest BCUT2D eigenvalue weighted by atomic mass is 32.1. The molecule has 5 heteroatoms. The monoisotopic (exact) mass is 334 g/mol. The molecule has 1 fully saturated rings. The molecule has 23 heavy (non-hydrogen) atoms. The number of hydrogen-bond donors (Lipinski definition) is 1. The lowest BCUT2D eigenvalue weighted by Crippen LogP contribution is -2.29. The predicted molar refractivity (Wildman–Crippen MR) is 95.1 cm³/mol. The quantitative estimate of drug-likeness (QED) is 0.446. The van der Waals surface area contributed by atoms with Crippen molar-refractivity contribution in [2.24, 2.45) is 11.7 Å². The third-order valence-electron chi connectivity index (χ3n) is 4.48. The summed E-state index contributed by atoms with van der Waals surface area (Å²) in [4.78, 5) is 16.5. The average Bonchev–Trinajstić information content (AvgIpc) is 2.56. The number of nitrogens with two attached hydrogens (primary N) is 1. The van der Waals surface area contributed by atoms with Gasteiger partial charge in [-0.25, -0.2) is 0 Å². The number of hydrogen-bond acceptors (Lipinski definition) is 4. The molecular formula is C18H26N2O2S. The van der Waals surface area contributed by atoms with Gasteiger partial charge < -0.3 is 10.5 Å². The molecule has 0 amide bonds. The zero-order valence-corrected chi connectivity index (χ0v) is 14.4. The number of pyridine rings is 1. The number of ether oxygens (including phenoxy) is 1. The number of unbranched alkanes of at least 4 members (excludes halogenated alkanes) is 1. The molecule has 0 spiro atoms. The van der Waals surface area contributed by atoms with Crippen molar-refractivity contribution >= 4 is 23.2 Å². The fourth-order valence-corrected chi connectivity index (χ4v) is 3.41. The Bertz CT molecular complexity index is 501. The first-order valence-corrected chi connectivity index (χ1v) is 8.96. The van der Waals surface area contributed by atoms with Gasteiger partial charge in [0.05, 0.1) is 17.3 Å². The molecule has 1 aliphatic carbocycles. The molecule has 4 nitrogen and oxygen atoms in total. The van der Waals surface area contributed by atoms with Gasteiger partial charge in [-0.2, -0.15) is 0 Å². The fourth-order valence-electron chi connectivity index (χ4n) is 3.20. The fraction of sp³-hybridized carbons (Fsp3) is 0.611. The summed E-state index contributed by atoms with van der Waals surface area (Å²) in [5.41, 5.74) is 6.24. The molecule has 0 bridgehead atoms. The second-order valence-corrected chi connectivity index (χ2v) is 6.73. The van der Waals surface area contributed by atoms with Crippen LogP contribution < -0.4 is 5.73 Å². The summed E-state index contributed by atoms with van der Waals surface area (Å²) >= 11 is 5.00. The largest absolute Gasteiger partial charge is 0.465 e. The summed E-state index contributed by atoms with van der Waals surface area (Å²) in [6.45, 7) is 0.428. The molecule has 0 saturated heterocycles. The number of carbonyl (C=O) groups is 1. The number of nitrogens with zero attached hydrogens (tertiary/aromatic N) is 1. The standard InChI is InChI=1S/C18H26N2O2S/c19-17(23)16(15-11-4-6-12-20-15)18(21)22-13-7-5-10-14-8-2-1-3-9-14/h4,6,11-12,14,16H,1-3,5,7-10,13H2,(H2,19,23). The van der Waals surface area contributed by atoms with Gasteiger partial charge in [0.15, 0.2) is 0 Å². The Balaban J connectivity index is 1.71. The minimum Gasteiger partial charge on any atom is -0.465 e. The summed E-state index contributed by atoms with van der Waals surface area (Å²) < 4.78 is 5.36. The van der Waals surface area contributed by atoms with Gasteiger partial charge >= 0.3 is 5.97 Å². The molecule has 0 aromatic carbocycles. The van der Waals surface area contributed by atoms with E-state index >= 15 is 0 Å². The third kappa shape index (κ3) is 5.90. The Morgan fingerprint density at radius 2 is 2.09 bits per heavy atom. The van der Waals surface area contributed by atoms with Crippen LogP contribution in [0.1, 0.15) is 63.0 Å². The van der Waals surface area contributed by atoms with Gasteiger partial charge in [-0.05, 0) is 30.9 Å². The normalized spacial score (nSPS) is 16.7. The molecular weight excluding hydrogens is 308 g/mol. The van der Waals surface area contributed by atoms with E-state index in [4.69, 9.17) is 22.7 Å². The Morgan fingerprint density at radius 1 is 1.30 bits per heavy atom. The Labute approximate surface area is 143 Å². The third-order valence-corrected chi connectivity index (χ3v) is 4.72. The van der Waals surface area contributed by atoms with Gasteiger partial charge in [-0.15, -0.1) is 0 Å². The summed E-state index contributed by atoms with van der Waals surface area (Å²) in [5, 5.41) is 0. The van der Waals surface area contributed by atoms with Crippen molar-refractivity contribution in [1.82, 2.24) is 4.98 Å². The zero-order valence-electron chi connectivity index (χ0n) is 13.6. The molecule has 0 radical (unpaired) electrons. The number of aromatic nitrogens is 1. The molecule has 1 atom stereocenters. The zero-order chi connectivity index (χ0) is 16.5. The van der Waals surface area contributed by atoms with Crippen LogP contribution in [0.25, 0.3) is 0 Å². The van der Waals surface area contributed by atoms with E-state index in [0.717, 1.165) is 18.8 Å². The van der Waals surface area contributed by atoms with E-state index in [9.17, 15) is 4.79 Å². The highest BCUT2D eigenvalue weighted by molar-refractivity contribution is 7.80. The Morgan fingerprint density at radius 3 is 2.74 bits per heavy atom. The maximum atomic E-state index is 12.2. The predicted octanol–water partition coefficient (Wildman–Crippen LogP) is 3.75. The summed E-state index contributed by atoms with van der Waals surface area (Å²) in [6, 6.07) is 5.34. The molecule has 0 aliphatic heterocycles. The second-order valence-electron chi connectivity index (χ2n) is 6.26. The molecule has 1 saturated carbocycles. The van der Waals surface area contributed by atoms with E-state index < -0.39 is 11.9 Å². The van der Waals surface area contributed by atoms with Gasteiger partial charge in [0.1, 0.15) is 5.92 Å². The maximum absolute atomic E-state index is 12.2. The molecule has 1 aliphatic rings. The number of thiocarbonyl (C=S) groups is 1. The molecule has 1 heterocycles. The second kappa shape index (κ2) is 9.60. The minimum atomic E-state index is -0.746. The van der Waals surface area contributed by atoms with Gasteiger partial charge in [0, 0.05) is 6.20 Å². The van der Waals surface area contributed by atoms with Gasteiger partial charge in [-0.1, -0.05) is 56.8 Å². The van der Waals surface area contributed by atoms with Crippen LogP contribution in [0.4, 0.5) is 0 Å². The first-order valence-electron chi connectivity index (χ1n) is 8.55. The first kappa shape index (κ1) is 17.9. The summed E-state index contributed by atoms with van der Waals surface area (Å²) in [7, 11) is 0.